The number of benzene rings is 1. The van der Waals surface area contributed by atoms with E-state index in [9.17, 15) is 9.59 Å². The Morgan fingerprint density at radius 2 is 2.10 bits per heavy atom. The number of ether oxygens (including phenoxy) is 1. The molecular weight excluding hydrogens is 254 g/mol. The first-order valence-corrected chi connectivity index (χ1v) is 6.92. The summed E-state index contributed by atoms with van der Waals surface area (Å²) in [6, 6.07) is 5.46. The van der Waals surface area contributed by atoms with Gasteiger partial charge in [0.2, 0.25) is 0 Å². The monoisotopic (exact) mass is 269 g/mol. The highest BCUT2D eigenvalue weighted by atomic mass is 16.5. The second-order valence-corrected chi connectivity index (χ2v) is 5.83. The van der Waals surface area contributed by atoms with Crippen molar-refractivity contribution in [1.82, 2.24) is 4.98 Å². The minimum Gasteiger partial charge on any atom is -0.465 e. The number of nitrogens with one attached hydrogen (secondary N) is 1. The highest BCUT2D eigenvalue weighted by molar-refractivity contribution is 6.06. The highest BCUT2D eigenvalue weighted by Crippen LogP contribution is 2.57. The van der Waals surface area contributed by atoms with Crippen molar-refractivity contribution in [3.05, 3.63) is 35.0 Å². The van der Waals surface area contributed by atoms with Gasteiger partial charge in [0.1, 0.15) is 0 Å². The summed E-state index contributed by atoms with van der Waals surface area (Å²) in [5, 5.41) is 1.01. The summed E-state index contributed by atoms with van der Waals surface area (Å²) in [4.78, 5) is 27.1. The van der Waals surface area contributed by atoms with E-state index >= 15 is 0 Å². The second kappa shape index (κ2) is 3.72. The normalized spacial score (nSPS) is 19.1. The van der Waals surface area contributed by atoms with Gasteiger partial charge >= 0.3 is 5.97 Å². The van der Waals surface area contributed by atoms with E-state index in [2.05, 4.69) is 4.98 Å². The van der Waals surface area contributed by atoms with Crippen LogP contribution in [-0.2, 0) is 10.2 Å². The van der Waals surface area contributed by atoms with Crippen LogP contribution in [0.5, 0.6) is 0 Å². The maximum absolute atomic E-state index is 12.1. The van der Waals surface area contributed by atoms with Crippen LogP contribution in [-0.4, -0.2) is 23.8 Å². The van der Waals surface area contributed by atoms with Gasteiger partial charge in [0.15, 0.2) is 5.78 Å². The van der Waals surface area contributed by atoms with Crippen LogP contribution in [0.4, 0.5) is 0 Å². The van der Waals surface area contributed by atoms with Gasteiger partial charge in [-0.3, -0.25) is 4.79 Å². The van der Waals surface area contributed by atoms with E-state index in [-0.39, 0.29) is 17.2 Å². The molecule has 0 aliphatic heterocycles. The molecule has 2 aliphatic rings. The van der Waals surface area contributed by atoms with Crippen molar-refractivity contribution in [3.8, 4) is 0 Å². The van der Waals surface area contributed by atoms with E-state index in [4.69, 9.17) is 4.74 Å². The first-order chi connectivity index (χ1) is 9.64. The maximum Gasteiger partial charge on any atom is 0.337 e. The summed E-state index contributed by atoms with van der Waals surface area (Å²) in [6.07, 6.45) is 3.85. The van der Waals surface area contributed by atoms with E-state index in [1.165, 1.54) is 7.11 Å². The predicted molar refractivity (Wildman–Crippen MR) is 74.1 cm³/mol. The molecule has 0 bridgehead atoms. The second-order valence-electron chi connectivity index (χ2n) is 5.83. The van der Waals surface area contributed by atoms with Gasteiger partial charge in [-0.1, -0.05) is 0 Å². The van der Waals surface area contributed by atoms with Gasteiger partial charge < -0.3 is 9.72 Å². The Morgan fingerprint density at radius 1 is 1.30 bits per heavy atom. The van der Waals surface area contributed by atoms with Crippen molar-refractivity contribution in [1.29, 1.82) is 0 Å². The van der Waals surface area contributed by atoms with Crippen molar-refractivity contribution in [3.63, 3.8) is 0 Å². The molecule has 0 unspecified atom stereocenters. The molecule has 1 saturated carbocycles. The average Bonchev–Trinajstić information content (AvgIpc) is 3.13. The van der Waals surface area contributed by atoms with Crippen molar-refractivity contribution in [2.45, 2.75) is 31.1 Å². The fourth-order valence-corrected chi connectivity index (χ4v) is 3.45. The molecule has 4 rings (SSSR count). The lowest BCUT2D eigenvalue weighted by Crippen LogP contribution is -2.20. The summed E-state index contributed by atoms with van der Waals surface area (Å²) in [5.74, 6) is -0.151. The fourth-order valence-electron chi connectivity index (χ4n) is 3.45. The Labute approximate surface area is 116 Å². The number of Topliss-reactive ketones (excluding diaryl/α,β-unsaturated/α-hetero) is 1. The van der Waals surface area contributed by atoms with Crippen LogP contribution >= 0.6 is 0 Å². The number of aromatic nitrogens is 1. The quantitative estimate of drug-likeness (QED) is 0.810. The number of esters is 1. The van der Waals surface area contributed by atoms with Crippen molar-refractivity contribution in [2.24, 2.45) is 0 Å². The summed E-state index contributed by atoms with van der Waals surface area (Å²) in [7, 11) is 1.38. The summed E-state index contributed by atoms with van der Waals surface area (Å²) >= 11 is 0. The maximum atomic E-state index is 12.1. The lowest BCUT2D eigenvalue weighted by atomic mass is 9.81. The Morgan fingerprint density at radius 3 is 2.80 bits per heavy atom. The summed E-state index contributed by atoms with van der Waals surface area (Å²) < 4.78 is 4.78. The number of carbonyl (C=O) groups is 2. The molecule has 2 aliphatic carbocycles. The molecule has 1 aromatic carbocycles. The van der Waals surface area contributed by atoms with Gasteiger partial charge in [0.25, 0.3) is 0 Å². The molecule has 0 amide bonds. The predicted octanol–water partition coefficient (Wildman–Crippen LogP) is 2.96. The third kappa shape index (κ3) is 1.42. The third-order valence-electron chi connectivity index (χ3n) is 4.71. The van der Waals surface area contributed by atoms with Crippen LogP contribution in [0.15, 0.2) is 18.2 Å². The number of carbonyl (C=O) groups excluding carboxylic acids is 2. The van der Waals surface area contributed by atoms with Crippen molar-refractivity contribution < 1.29 is 14.3 Å². The van der Waals surface area contributed by atoms with Gasteiger partial charge in [-0.25, -0.2) is 4.79 Å². The van der Waals surface area contributed by atoms with E-state index < -0.39 is 0 Å². The first kappa shape index (κ1) is 11.7. The molecule has 1 N–H and O–H groups in total. The number of rotatable bonds is 1. The Kier molecular flexibility index (Phi) is 2.18. The largest absolute Gasteiger partial charge is 0.465 e. The van der Waals surface area contributed by atoms with Crippen molar-refractivity contribution in [2.75, 3.05) is 7.11 Å². The molecule has 0 radical (unpaired) electrons. The minimum atomic E-state index is -0.339. The van der Waals surface area contributed by atoms with Crippen LogP contribution in [0, 0.1) is 0 Å². The van der Waals surface area contributed by atoms with E-state index in [0.717, 1.165) is 41.4 Å². The lowest BCUT2D eigenvalue weighted by molar-refractivity contribution is 0.0601. The summed E-state index contributed by atoms with van der Waals surface area (Å²) in [6.45, 7) is 0. The Hall–Kier alpha value is -2.10. The molecular formula is C16H15NO3. The van der Waals surface area contributed by atoms with Crippen LogP contribution in [0.2, 0.25) is 0 Å². The number of aromatic amines is 1. The van der Waals surface area contributed by atoms with E-state index in [0.29, 0.717) is 12.0 Å². The number of hydrogen-bond donors (Lipinski definition) is 1. The lowest BCUT2D eigenvalue weighted by Gasteiger charge is -2.21. The molecule has 1 heterocycles. The SMILES string of the molecule is COC(=O)c1ccc2[nH]c3c(c2c1)C1(CCC3=O)CC1. The number of hydrogen-bond acceptors (Lipinski definition) is 3. The molecule has 102 valence electrons. The number of methoxy groups -OCH3 is 1. The van der Waals surface area contributed by atoms with Gasteiger partial charge in [-0.2, -0.15) is 0 Å². The van der Waals surface area contributed by atoms with Gasteiger partial charge in [-0.15, -0.1) is 0 Å². The number of H-pyrrole nitrogens is 1. The zero-order chi connectivity index (χ0) is 13.9. The number of fused-ring (bicyclic) bond motifs is 4. The summed E-state index contributed by atoms with van der Waals surface area (Å²) in [5.41, 5.74) is 3.54. The molecule has 4 heteroatoms. The first-order valence-electron chi connectivity index (χ1n) is 6.92. The number of ketones is 1. The Bertz CT molecular complexity index is 752. The average molecular weight is 269 g/mol. The fraction of sp³-hybridized carbons (Fsp3) is 0.375. The highest BCUT2D eigenvalue weighted by Gasteiger charge is 2.50. The van der Waals surface area contributed by atoms with Crippen molar-refractivity contribution >= 4 is 22.7 Å². The van der Waals surface area contributed by atoms with Gasteiger partial charge in [0.05, 0.1) is 18.4 Å². The molecule has 0 atom stereocenters. The zero-order valence-corrected chi connectivity index (χ0v) is 11.3. The Balaban J connectivity index is 1.99. The van der Waals surface area contributed by atoms with E-state index in [1.807, 2.05) is 12.1 Å². The van der Waals surface area contributed by atoms with E-state index in [1.54, 1.807) is 6.07 Å². The van der Waals surface area contributed by atoms with Crippen LogP contribution in [0.1, 0.15) is 52.1 Å². The molecule has 1 spiro atoms. The third-order valence-corrected chi connectivity index (χ3v) is 4.71. The molecule has 1 aromatic heterocycles. The molecule has 2 aromatic rings. The smallest absolute Gasteiger partial charge is 0.337 e. The van der Waals surface area contributed by atoms with Crippen LogP contribution in [0.25, 0.3) is 10.9 Å². The standard InChI is InChI=1S/C16H15NO3/c1-20-15(19)9-2-3-11-10(8-9)13-14(17-11)12(18)4-5-16(13)6-7-16/h2-3,8,17H,4-7H2,1H3. The minimum absolute atomic E-state index is 0.177. The van der Waals surface area contributed by atoms with Gasteiger partial charge in [-0.05, 0) is 48.4 Å². The zero-order valence-electron chi connectivity index (χ0n) is 11.3. The molecule has 4 nitrogen and oxygen atoms in total. The van der Waals surface area contributed by atoms with Crippen LogP contribution < -0.4 is 0 Å². The van der Waals surface area contributed by atoms with Gasteiger partial charge in [0, 0.05) is 17.3 Å². The molecule has 0 saturated heterocycles. The van der Waals surface area contributed by atoms with Crippen LogP contribution in [0.3, 0.4) is 0 Å². The topological polar surface area (TPSA) is 59.2 Å². The molecule has 1 fully saturated rings. The molecule has 20 heavy (non-hydrogen) atoms.